The highest BCUT2D eigenvalue weighted by Gasteiger charge is 2.79. The molecule has 2 N–H and O–H groups in total. The van der Waals surface area contributed by atoms with Crippen LogP contribution in [-0.2, 0) is 19.1 Å². The number of aliphatic carboxylic acids is 1. The Hall–Kier alpha value is -2.71. The molecule has 2 unspecified atom stereocenters. The average molecular weight is 499 g/mol. The molecule has 0 aliphatic carbocycles. The normalized spacial score (nSPS) is 30.5. The highest BCUT2D eigenvalue weighted by molar-refractivity contribution is 6.05. The molecular weight excluding hydrogens is 460 g/mol. The first-order chi connectivity index (χ1) is 17.2. The number of carbonyl (C=O) groups is 3. The summed E-state index contributed by atoms with van der Waals surface area (Å²) in [5.74, 6) is -3.48. The number of unbranched alkanes of at least 4 members (excludes halogenated alkanes) is 2. The predicted octanol–water partition coefficient (Wildman–Crippen LogP) is 3.22. The maximum atomic E-state index is 14.5. The van der Waals surface area contributed by atoms with E-state index in [1.54, 1.807) is 15.9 Å². The summed E-state index contributed by atoms with van der Waals surface area (Å²) in [6.07, 6.45) is 5.04. The minimum absolute atomic E-state index is 0.0613. The minimum Gasteiger partial charge on any atom is -0.481 e. The zero-order valence-electron chi connectivity index (χ0n) is 21.5. The Kier molecular flexibility index (Phi) is 7.30. The van der Waals surface area contributed by atoms with Gasteiger partial charge in [-0.1, -0.05) is 25.1 Å². The zero-order valence-corrected chi connectivity index (χ0v) is 21.5. The topological polar surface area (TPSA) is 107 Å². The van der Waals surface area contributed by atoms with E-state index in [1.165, 1.54) is 0 Å². The standard InChI is InChI=1S/C28H38N2O6/c1-5-14-29(20-17-18(3)10-11-19(20)4)25(33)23-28-13-12-27(6-2,36-28)22(26(34)35)21(28)24(32)30(23)15-8-7-9-16-31/h5,10-11,17,21-23,31H,1,6-9,12-16H2,2-4H3,(H,34,35)/t21-,22-,23?,27+,28?/m0/s1. The number of aliphatic hydroxyl groups excluding tert-OH is 1. The number of carboxylic acid groups (broad SMARTS) is 1. The van der Waals surface area contributed by atoms with Crippen molar-refractivity contribution in [1.82, 2.24) is 4.90 Å². The van der Waals surface area contributed by atoms with Gasteiger partial charge in [0.05, 0.1) is 11.5 Å². The van der Waals surface area contributed by atoms with E-state index >= 15 is 0 Å². The minimum atomic E-state index is -1.17. The Bertz CT molecular complexity index is 1060. The third-order valence-electron chi connectivity index (χ3n) is 8.47. The molecule has 3 heterocycles. The van der Waals surface area contributed by atoms with E-state index in [1.807, 2.05) is 39.0 Å². The zero-order chi connectivity index (χ0) is 26.3. The van der Waals surface area contributed by atoms with Crippen LogP contribution in [0.3, 0.4) is 0 Å². The average Bonchev–Trinajstić information content (AvgIpc) is 3.45. The van der Waals surface area contributed by atoms with Crippen LogP contribution in [0.4, 0.5) is 5.69 Å². The van der Waals surface area contributed by atoms with Gasteiger partial charge in [0.1, 0.15) is 17.6 Å². The third-order valence-corrected chi connectivity index (χ3v) is 8.47. The van der Waals surface area contributed by atoms with Crippen molar-refractivity contribution in [3.8, 4) is 0 Å². The second kappa shape index (κ2) is 9.98. The molecule has 3 aliphatic rings. The second-order valence-electron chi connectivity index (χ2n) is 10.5. The molecular formula is C28H38N2O6. The molecule has 0 saturated carbocycles. The maximum Gasteiger partial charge on any atom is 0.310 e. The number of aryl methyl sites for hydroxylation is 2. The number of carbonyl (C=O) groups excluding carboxylic acids is 2. The summed E-state index contributed by atoms with van der Waals surface area (Å²) in [5, 5.41) is 19.4. The Morgan fingerprint density at radius 2 is 2.00 bits per heavy atom. The molecule has 1 aromatic rings. The number of carboxylic acids is 1. The fraction of sp³-hybridized carbons (Fsp3) is 0.607. The van der Waals surface area contributed by atoms with Gasteiger partial charge in [-0.3, -0.25) is 14.4 Å². The van der Waals surface area contributed by atoms with Gasteiger partial charge < -0.3 is 24.7 Å². The number of rotatable bonds is 11. The van der Waals surface area contributed by atoms with Crippen molar-refractivity contribution in [3.63, 3.8) is 0 Å². The lowest BCUT2D eigenvalue weighted by Crippen LogP contribution is -2.56. The van der Waals surface area contributed by atoms with Crippen molar-refractivity contribution in [2.75, 3.05) is 24.6 Å². The lowest BCUT2D eigenvalue weighted by Gasteiger charge is -2.37. The quantitative estimate of drug-likeness (QED) is 0.358. The molecule has 0 radical (unpaired) electrons. The summed E-state index contributed by atoms with van der Waals surface area (Å²) >= 11 is 0. The number of aliphatic hydroxyl groups is 1. The molecule has 8 heteroatoms. The molecule has 3 aliphatic heterocycles. The molecule has 2 amide bonds. The Morgan fingerprint density at radius 1 is 1.25 bits per heavy atom. The monoisotopic (exact) mass is 498 g/mol. The van der Waals surface area contributed by atoms with Crippen LogP contribution in [-0.4, -0.2) is 69.8 Å². The van der Waals surface area contributed by atoms with Gasteiger partial charge in [0.15, 0.2) is 0 Å². The molecule has 196 valence electrons. The first kappa shape index (κ1) is 26.4. The first-order valence-electron chi connectivity index (χ1n) is 13.0. The molecule has 1 spiro atoms. The largest absolute Gasteiger partial charge is 0.481 e. The summed E-state index contributed by atoms with van der Waals surface area (Å²) < 4.78 is 6.62. The van der Waals surface area contributed by atoms with Crippen LogP contribution in [0.25, 0.3) is 0 Å². The number of anilines is 1. The van der Waals surface area contributed by atoms with E-state index in [-0.39, 0.29) is 25.0 Å². The van der Waals surface area contributed by atoms with Gasteiger partial charge in [-0.15, -0.1) is 6.58 Å². The van der Waals surface area contributed by atoms with Gasteiger partial charge in [0, 0.05) is 25.4 Å². The lowest BCUT2D eigenvalue weighted by atomic mass is 9.65. The van der Waals surface area contributed by atoms with Crippen LogP contribution < -0.4 is 4.90 Å². The first-order valence-corrected chi connectivity index (χ1v) is 13.0. The Balaban J connectivity index is 1.80. The molecule has 3 fully saturated rings. The molecule has 0 aromatic heterocycles. The van der Waals surface area contributed by atoms with Gasteiger partial charge in [-0.2, -0.15) is 0 Å². The SMILES string of the molecule is C=CCN(C(=O)C1N(CCCCCO)C(=O)[C@@H]2[C@@H](C(=O)O)[C@@]3(CC)CCC12O3)c1cc(C)ccc1C. The second-order valence-corrected chi connectivity index (χ2v) is 10.5. The number of ether oxygens (including phenoxy) is 1. The van der Waals surface area contributed by atoms with Crippen molar-refractivity contribution in [1.29, 1.82) is 0 Å². The molecule has 1 aromatic carbocycles. The summed E-state index contributed by atoms with van der Waals surface area (Å²) in [4.78, 5) is 44.1. The van der Waals surface area contributed by atoms with Crippen LogP contribution >= 0.6 is 0 Å². The number of hydrogen-bond acceptors (Lipinski definition) is 5. The van der Waals surface area contributed by atoms with Gasteiger partial charge >= 0.3 is 5.97 Å². The van der Waals surface area contributed by atoms with Crippen LogP contribution in [0.1, 0.15) is 56.6 Å². The van der Waals surface area contributed by atoms with E-state index < -0.39 is 35.0 Å². The van der Waals surface area contributed by atoms with Crippen molar-refractivity contribution in [2.45, 2.75) is 76.5 Å². The number of nitrogens with zero attached hydrogens (tertiary/aromatic N) is 2. The molecule has 36 heavy (non-hydrogen) atoms. The number of benzene rings is 1. The highest BCUT2D eigenvalue weighted by Crippen LogP contribution is 2.64. The van der Waals surface area contributed by atoms with Gasteiger partial charge in [-0.05, 0) is 69.6 Å². The van der Waals surface area contributed by atoms with Gasteiger partial charge in [0.2, 0.25) is 5.91 Å². The lowest BCUT2D eigenvalue weighted by molar-refractivity contribution is -0.155. The smallest absolute Gasteiger partial charge is 0.310 e. The predicted molar refractivity (Wildman–Crippen MR) is 136 cm³/mol. The highest BCUT2D eigenvalue weighted by atomic mass is 16.5. The van der Waals surface area contributed by atoms with Gasteiger partial charge in [0.25, 0.3) is 5.91 Å². The van der Waals surface area contributed by atoms with E-state index in [0.29, 0.717) is 45.1 Å². The number of likely N-dealkylation sites (tertiary alicyclic amines) is 1. The molecule has 5 atom stereocenters. The third kappa shape index (κ3) is 3.95. The van der Waals surface area contributed by atoms with E-state index in [2.05, 4.69) is 6.58 Å². The van der Waals surface area contributed by atoms with Crippen LogP contribution in [0.5, 0.6) is 0 Å². The Morgan fingerprint density at radius 3 is 2.64 bits per heavy atom. The summed E-state index contributed by atoms with van der Waals surface area (Å²) in [6.45, 7) is 10.3. The summed E-state index contributed by atoms with van der Waals surface area (Å²) in [5.41, 5.74) is 0.580. The summed E-state index contributed by atoms with van der Waals surface area (Å²) in [7, 11) is 0. The van der Waals surface area contributed by atoms with E-state index in [9.17, 15) is 24.6 Å². The van der Waals surface area contributed by atoms with E-state index in [0.717, 1.165) is 16.8 Å². The summed E-state index contributed by atoms with van der Waals surface area (Å²) in [6, 6.07) is 4.99. The Labute approximate surface area is 212 Å². The fourth-order valence-electron chi connectivity index (χ4n) is 6.78. The molecule has 4 rings (SSSR count). The molecule has 8 nitrogen and oxygen atoms in total. The number of fused-ring (bicyclic) bond motifs is 1. The van der Waals surface area contributed by atoms with Crippen molar-refractivity contribution in [3.05, 3.63) is 42.0 Å². The van der Waals surface area contributed by atoms with Crippen LogP contribution in [0, 0.1) is 25.7 Å². The fourth-order valence-corrected chi connectivity index (χ4v) is 6.78. The number of amides is 2. The van der Waals surface area contributed by atoms with Crippen LogP contribution in [0.15, 0.2) is 30.9 Å². The maximum absolute atomic E-state index is 14.5. The van der Waals surface area contributed by atoms with Gasteiger partial charge in [-0.25, -0.2) is 0 Å². The van der Waals surface area contributed by atoms with E-state index in [4.69, 9.17) is 4.74 Å². The number of hydrogen-bond donors (Lipinski definition) is 2. The molecule has 2 bridgehead atoms. The van der Waals surface area contributed by atoms with Crippen molar-refractivity contribution < 1.29 is 29.3 Å². The molecule has 3 saturated heterocycles. The van der Waals surface area contributed by atoms with Crippen molar-refractivity contribution in [2.24, 2.45) is 11.8 Å². The van der Waals surface area contributed by atoms with Crippen molar-refractivity contribution >= 4 is 23.5 Å². The van der Waals surface area contributed by atoms with Crippen LogP contribution in [0.2, 0.25) is 0 Å².